The highest BCUT2D eigenvalue weighted by Crippen LogP contribution is 2.21. The Morgan fingerprint density at radius 3 is 2.62 bits per heavy atom. The van der Waals surface area contributed by atoms with Crippen molar-refractivity contribution in [2.75, 3.05) is 23.9 Å². The number of anilines is 2. The summed E-state index contributed by atoms with van der Waals surface area (Å²) in [6.45, 7) is 0. The molecule has 3 rings (SSSR count). The Kier molecular flexibility index (Phi) is 4.90. The number of hydrogen-bond acceptors (Lipinski definition) is 5. The number of benzene rings is 1. The van der Waals surface area contributed by atoms with Gasteiger partial charge >= 0.3 is 0 Å². The fourth-order valence-electron chi connectivity index (χ4n) is 2.77. The van der Waals surface area contributed by atoms with Crippen LogP contribution in [0.2, 0.25) is 0 Å². The van der Waals surface area contributed by atoms with Gasteiger partial charge in [0.15, 0.2) is 9.84 Å². The number of nitrogens with one attached hydrogen (secondary N) is 1. The highest BCUT2D eigenvalue weighted by Gasteiger charge is 2.33. The first-order chi connectivity index (χ1) is 12.2. The van der Waals surface area contributed by atoms with Gasteiger partial charge in [0.05, 0.1) is 22.8 Å². The molecule has 1 atom stereocenters. The molecule has 0 spiro atoms. The van der Waals surface area contributed by atoms with Crippen molar-refractivity contribution in [1.29, 1.82) is 0 Å². The Labute approximate surface area is 149 Å². The molecule has 1 aliphatic heterocycles. The fourth-order valence-corrected chi connectivity index (χ4v) is 4.55. The van der Waals surface area contributed by atoms with Gasteiger partial charge in [0, 0.05) is 25.4 Å². The van der Waals surface area contributed by atoms with Crippen LogP contribution in [0.4, 0.5) is 20.3 Å². The second kappa shape index (κ2) is 6.99. The third-order valence-corrected chi connectivity index (χ3v) is 6.03. The van der Waals surface area contributed by atoms with Crippen molar-refractivity contribution in [3.8, 4) is 0 Å². The number of rotatable bonds is 4. The number of aromatic nitrogens is 1. The minimum absolute atomic E-state index is 0.0356. The molecule has 138 valence electrons. The zero-order valence-corrected chi connectivity index (χ0v) is 14.8. The van der Waals surface area contributed by atoms with Gasteiger partial charge in [-0.3, -0.25) is 4.79 Å². The highest BCUT2D eigenvalue weighted by atomic mass is 32.2. The lowest BCUT2D eigenvalue weighted by molar-refractivity contribution is 0.0747. The Bertz CT molecular complexity index is 933. The number of nitrogens with zero attached hydrogens (tertiary/aromatic N) is 2. The monoisotopic (exact) mass is 381 g/mol. The third-order valence-electron chi connectivity index (χ3n) is 4.28. The molecule has 2 heterocycles. The molecule has 6 nitrogen and oxygen atoms in total. The van der Waals surface area contributed by atoms with E-state index >= 15 is 0 Å². The van der Waals surface area contributed by atoms with Crippen LogP contribution in [-0.4, -0.2) is 48.8 Å². The van der Waals surface area contributed by atoms with Crippen LogP contribution in [0.25, 0.3) is 0 Å². The number of amides is 1. The Balaban J connectivity index is 1.70. The molecule has 26 heavy (non-hydrogen) atoms. The second-order valence-corrected chi connectivity index (χ2v) is 8.38. The zero-order valence-electron chi connectivity index (χ0n) is 13.9. The average Bonchev–Trinajstić information content (AvgIpc) is 2.97. The molecule has 1 fully saturated rings. The van der Waals surface area contributed by atoms with E-state index in [4.69, 9.17) is 0 Å². The van der Waals surface area contributed by atoms with E-state index in [0.29, 0.717) is 12.0 Å². The number of pyridine rings is 1. The number of halogens is 2. The van der Waals surface area contributed by atoms with Gasteiger partial charge < -0.3 is 10.2 Å². The molecule has 1 aromatic carbocycles. The van der Waals surface area contributed by atoms with Crippen molar-refractivity contribution in [2.24, 2.45) is 0 Å². The zero-order chi connectivity index (χ0) is 18.9. The van der Waals surface area contributed by atoms with E-state index in [1.807, 2.05) is 0 Å². The molecular formula is C17H17F2N3O3S. The van der Waals surface area contributed by atoms with Crippen LogP contribution in [0.5, 0.6) is 0 Å². The van der Waals surface area contributed by atoms with Crippen LogP contribution < -0.4 is 5.32 Å². The number of hydrogen-bond donors (Lipinski definition) is 1. The van der Waals surface area contributed by atoms with E-state index in [2.05, 4.69) is 10.3 Å². The molecule has 0 saturated carbocycles. The summed E-state index contributed by atoms with van der Waals surface area (Å²) in [5, 5.41) is 2.70. The van der Waals surface area contributed by atoms with Crippen molar-refractivity contribution in [3.63, 3.8) is 0 Å². The van der Waals surface area contributed by atoms with Crippen LogP contribution in [-0.2, 0) is 9.84 Å². The van der Waals surface area contributed by atoms with E-state index in [-0.39, 0.29) is 35.0 Å². The van der Waals surface area contributed by atoms with E-state index in [1.165, 1.54) is 29.3 Å². The Hall–Kier alpha value is -2.55. The van der Waals surface area contributed by atoms with Crippen molar-refractivity contribution >= 4 is 27.2 Å². The van der Waals surface area contributed by atoms with Gasteiger partial charge in [-0.05, 0) is 30.7 Å². The smallest absolute Gasteiger partial charge is 0.255 e. The van der Waals surface area contributed by atoms with Gasteiger partial charge in [0.25, 0.3) is 5.91 Å². The van der Waals surface area contributed by atoms with Crippen molar-refractivity contribution in [3.05, 3.63) is 53.7 Å². The van der Waals surface area contributed by atoms with Gasteiger partial charge in [-0.1, -0.05) is 0 Å². The number of carbonyl (C=O) groups excluding carboxylic acids is 1. The number of sulfone groups is 1. The molecule has 1 aromatic heterocycles. The van der Waals surface area contributed by atoms with Crippen molar-refractivity contribution < 1.29 is 22.0 Å². The fraction of sp³-hybridized carbons (Fsp3) is 0.294. The first-order valence-electron chi connectivity index (χ1n) is 7.91. The lowest BCUT2D eigenvalue weighted by atomic mass is 10.2. The van der Waals surface area contributed by atoms with Crippen LogP contribution in [0.3, 0.4) is 0 Å². The first-order valence-corrected chi connectivity index (χ1v) is 9.73. The first kappa shape index (κ1) is 18.2. The summed E-state index contributed by atoms with van der Waals surface area (Å²) in [6.07, 6.45) is 1.74. The summed E-state index contributed by atoms with van der Waals surface area (Å²) in [4.78, 5) is 17.9. The van der Waals surface area contributed by atoms with Crippen molar-refractivity contribution in [1.82, 2.24) is 9.88 Å². The molecular weight excluding hydrogens is 364 g/mol. The Morgan fingerprint density at radius 1 is 1.27 bits per heavy atom. The maximum Gasteiger partial charge on any atom is 0.255 e. The second-order valence-electron chi connectivity index (χ2n) is 6.15. The summed E-state index contributed by atoms with van der Waals surface area (Å²) in [5.74, 6) is -1.43. The summed E-state index contributed by atoms with van der Waals surface area (Å²) >= 11 is 0. The van der Waals surface area contributed by atoms with Gasteiger partial charge in [-0.2, -0.15) is 0 Å². The normalized spacial score (nSPS) is 18.5. The molecule has 0 radical (unpaired) electrons. The van der Waals surface area contributed by atoms with E-state index in [0.717, 1.165) is 12.1 Å². The molecule has 1 amide bonds. The third kappa shape index (κ3) is 3.98. The summed E-state index contributed by atoms with van der Waals surface area (Å²) in [6, 6.07) is 5.78. The maximum atomic E-state index is 13.6. The van der Waals surface area contributed by atoms with Gasteiger partial charge in [-0.15, -0.1) is 0 Å². The molecule has 9 heteroatoms. The maximum absolute atomic E-state index is 13.6. The van der Waals surface area contributed by atoms with Gasteiger partial charge in [0.2, 0.25) is 0 Å². The molecule has 1 unspecified atom stereocenters. The molecule has 0 aliphatic carbocycles. The van der Waals surface area contributed by atoms with Crippen LogP contribution in [0.1, 0.15) is 16.8 Å². The SMILES string of the molecule is CN(C(=O)c1ccc(Nc2ccc(F)cc2F)nc1)C1CCS(=O)(=O)C1. The largest absolute Gasteiger partial charge is 0.338 e. The standard InChI is InChI=1S/C17H17F2N3O3S/c1-22(13-6-7-26(24,25)10-13)17(23)11-2-5-16(20-9-11)21-15-4-3-12(18)8-14(15)19/h2-5,8-9,13H,6-7,10H2,1H3,(H,20,21). The van der Waals surface area contributed by atoms with Crippen LogP contribution in [0, 0.1) is 11.6 Å². The topological polar surface area (TPSA) is 79.4 Å². The van der Waals surface area contributed by atoms with Crippen molar-refractivity contribution in [2.45, 2.75) is 12.5 Å². The minimum Gasteiger partial charge on any atom is -0.338 e. The molecule has 0 bridgehead atoms. The number of carbonyl (C=O) groups is 1. The van der Waals surface area contributed by atoms with Gasteiger partial charge in [0.1, 0.15) is 17.5 Å². The summed E-state index contributed by atoms with van der Waals surface area (Å²) in [7, 11) is -1.52. The molecule has 1 aliphatic rings. The van der Waals surface area contributed by atoms with E-state index < -0.39 is 21.5 Å². The van der Waals surface area contributed by atoms with E-state index in [9.17, 15) is 22.0 Å². The predicted molar refractivity (Wildman–Crippen MR) is 93.0 cm³/mol. The predicted octanol–water partition coefficient (Wildman–Crippen LogP) is 2.36. The average molecular weight is 381 g/mol. The van der Waals surface area contributed by atoms with Gasteiger partial charge in [-0.25, -0.2) is 22.2 Å². The Morgan fingerprint density at radius 2 is 2.04 bits per heavy atom. The molecule has 2 aromatic rings. The highest BCUT2D eigenvalue weighted by molar-refractivity contribution is 7.91. The minimum atomic E-state index is -3.09. The summed E-state index contributed by atoms with van der Waals surface area (Å²) < 4.78 is 49.7. The summed E-state index contributed by atoms with van der Waals surface area (Å²) in [5.41, 5.74) is 0.355. The molecule has 1 N–H and O–H groups in total. The molecule has 1 saturated heterocycles. The lowest BCUT2D eigenvalue weighted by Gasteiger charge is -2.23. The van der Waals surface area contributed by atoms with Crippen LogP contribution in [0.15, 0.2) is 36.5 Å². The lowest BCUT2D eigenvalue weighted by Crippen LogP contribution is -2.37. The van der Waals surface area contributed by atoms with E-state index in [1.54, 1.807) is 7.05 Å². The van der Waals surface area contributed by atoms with Crippen LogP contribution >= 0.6 is 0 Å². The quantitative estimate of drug-likeness (QED) is 0.880.